The molecule has 0 fully saturated rings. The van der Waals surface area contributed by atoms with Gasteiger partial charge in [0.1, 0.15) is 0 Å². The van der Waals surface area contributed by atoms with Crippen molar-refractivity contribution in [2.24, 2.45) is 0 Å². The first kappa shape index (κ1) is 15.7. The second-order valence-electron chi connectivity index (χ2n) is 6.39. The van der Waals surface area contributed by atoms with Crippen molar-refractivity contribution in [3.8, 4) is 11.6 Å². The van der Waals surface area contributed by atoms with Crippen molar-refractivity contribution in [2.45, 2.75) is 37.1 Å². The molecule has 0 aliphatic rings. The fourth-order valence-electron chi connectivity index (χ4n) is 2.20. The highest BCUT2D eigenvalue weighted by Gasteiger charge is 2.15. The van der Waals surface area contributed by atoms with E-state index < -0.39 is 0 Å². The third kappa shape index (κ3) is 3.42. The van der Waals surface area contributed by atoms with Crippen molar-refractivity contribution in [1.82, 2.24) is 14.9 Å². The molecule has 0 spiro atoms. The normalized spacial score (nSPS) is 11.8. The Labute approximate surface area is 139 Å². The standard InChI is InChI=1S/C17H20N4OS/c1-17(2,3)13-8-6-12(7-9-13)11-23-16-20-19-15(21(16)18)14-5-4-10-22-14/h4-10H,11,18H2,1-3H3. The quantitative estimate of drug-likeness (QED) is 0.582. The molecule has 23 heavy (non-hydrogen) atoms. The van der Waals surface area contributed by atoms with Crippen molar-refractivity contribution in [1.29, 1.82) is 0 Å². The first-order valence-corrected chi connectivity index (χ1v) is 8.40. The van der Waals surface area contributed by atoms with E-state index >= 15 is 0 Å². The van der Waals surface area contributed by atoms with Gasteiger partial charge in [-0.1, -0.05) is 56.8 Å². The maximum atomic E-state index is 6.05. The van der Waals surface area contributed by atoms with Crippen LogP contribution in [0.3, 0.4) is 0 Å². The Morgan fingerprint density at radius 2 is 1.87 bits per heavy atom. The molecular weight excluding hydrogens is 308 g/mol. The SMILES string of the molecule is CC(C)(C)c1ccc(CSc2nnc(-c3ccco3)n2N)cc1. The van der Waals surface area contributed by atoms with Crippen LogP contribution in [0.15, 0.2) is 52.2 Å². The summed E-state index contributed by atoms with van der Waals surface area (Å²) < 4.78 is 6.77. The second-order valence-corrected chi connectivity index (χ2v) is 7.33. The summed E-state index contributed by atoms with van der Waals surface area (Å²) in [5.74, 6) is 7.98. The van der Waals surface area contributed by atoms with Crippen molar-refractivity contribution in [3.63, 3.8) is 0 Å². The van der Waals surface area contributed by atoms with Gasteiger partial charge in [-0.05, 0) is 28.7 Å². The Hall–Kier alpha value is -2.21. The fraction of sp³-hybridized carbons (Fsp3) is 0.294. The van der Waals surface area contributed by atoms with E-state index in [9.17, 15) is 0 Å². The zero-order valence-corrected chi connectivity index (χ0v) is 14.3. The van der Waals surface area contributed by atoms with Crippen LogP contribution in [0.4, 0.5) is 0 Å². The highest BCUT2D eigenvalue weighted by Crippen LogP contribution is 2.26. The molecule has 0 atom stereocenters. The molecule has 120 valence electrons. The number of benzene rings is 1. The van der Waals surface area contributed by atoms with Gasteiger partial charge in [0.15, 0.2) is 5.76 Å². The molecule has 0 aliphatic carbocycles. The van der Waals surface area contributed by atoms with Gasteiger partial charge in [0, 0.05) is 5.75 Å². The van der Waals surface area contributed by atoms with Gasteiger partial charge >= 0.3 is 0 Å². The van der Waals surface area contributed by atoms with Crippen LogP contribution in [0.2, 0.25) is 0 Å². The van der Waals surface area contributed by atoms with Gasteiger partial charge in [-0.25, -0.2) is 4.68 Å². The van der Waals surface area contributed by atoms with E-state index in [0.717, 1.165) is 5.75 Å². The molecule has 3 aromatic rings. The number of hydrogen-bond acceptors (Lipinski definition) is 5. The largest absolute Gasteiger partial charge is 0.461 e. The molecule has 2 N–H and O–H groups in total. The molecule has 6 heteroatoms. The molecule has 0 amide bonds. The minimum absolute atomic E-state index is 0.168. The summed E-state index contributed by atoms with van der Waals surface area (Å²) in [4.78, 5) is 0. The van der Waals surface area contributed by atoms with Gasteiger partial charge in [-0.15, -0.1) is 10.2 Å². The average Bonchev–Trinajstić information content (AvgIpc) is 3.14. The minimum atomic E-state index is 0.168. The van der Waals surface area contributed by atoms with Crippen LogP contribution in [0.1, 0.15) is 31.9 Å². The zero-order valence-electron chi connectivity index (χ0n) is 13.5. The first-order valence-electron chi connectivity index (χ1n) is 7.42. The van der Waals surface area contributed by atoms with Crippen LogP contribution in [-0.4, -0.2) is 14.9 Å². The Kier molecular flexibility index (Phi) is 4.17. The molecule has 0 aliphatic heterocycles. The summed E-state index contributed by atoms with van der Waals surface area (Å²) in [6, 6.07) is 12.3. The van der Waals surface area contributed by atoms with E-state index in [2.05, 4.69) is 55.2 Å². The summed E-state index contributed by atoms with van der Waals surface area (Å²) in [5, 5.41) is 8.89. The van der Waals surface area contributed by atoms with Gasteiger partial charge in [0.2, 0.25) is 11.0 Å². The molecule has 2 heterocycles. The maximum absolute atomic E-state index is 6.05. The molecule has 3 rings (SSSR count). The molecule has 5 nitrogen and oxygen atoms in total. The van der Waals surface area contributed by atoms with Crippen LogP contribution >= 0.6 is 11.8 Å². The van der Waals surface area contributed by atoms with Gasteiger partial charge in [0.25, 0.3) is 0 Å². The predicted octanol–water partition coefficient (Wildman–Crippen LogP) is 3.84. The van der Waals surface area contributed by atoms with Crippen LogP contribution in [0.5, 0.6) is 0 Å². The minimum Gasteiger partial charge on any atom is -0.461 e. The van der Waals surface area contributed by atoms with Crippen molar-refractivity contribution in [2.75, 3.05) is 5.84 Å². The highest BCUT2D eigenvalue weighted by atomic mass is 32.2. The highest BCUT2D eigenvalue weighted by molar-refractivity contribution is 7.98. The van der Waals surface area contributed by atoms with Gasteiger partial charge < -0.3 is 10.3 Å². The number of furan rings is 1. The number of thioether (sulfide) groups is 1. The maximum Gasteiger partial charge on any atom is 0.218 e. The summed E-state index contributed by atoms with van der Waals surface area (Å²) in [6.45, 7) is 6.64. The van der Waals surface area contributed by atoms with E-state index in [0.29, 0.717) is 16.7 Å². The smallest absolute Gasteiger partial charge is 0.218 e. The van der Waals surface area contributed by atoms with Crippen molar-refractivity contribution in [3.05, 3.63) is 53.8 Å². The van der Waals surface area contributed by atoms with Gasteiger partial charge in [0.05, 0.1) is 6.26 Å². The third-order valence-corrected chi connectivity index (χ3v) is 4.61. The van der Waals surface area contributed by atoms with E-state index in [1.165, 1.54) is 15.8 Å². The van der Waals surface area contributed by atoms with Gasteiger partial charge in [-0.2, -0.15) is 0 Å². The number of hydrogen-bond donors (Lipinski definition) is 1. The van der Waals surface area contributed by atoms with Crippen molar-refractivity contribution < 1.29 is 4.42 Å². The molecular formula is C17H20N4OS. The van der Waals surface area contributed by atoms with Crippen molar-refractivity contribution >= 4 is 11.8 Å². The van der Waals surface area contributed by atoms with E-state index in [4.69, 9.17) is 10.3 Å². The van der Waals surface area contributed by atoms with Crippen LogP contribution in [-0.2, 0) is 11.2 Å². The molecule has 0 radical (unpaired) electrons. The fourth-order valence-corrected chi connectivity index (χ4v) is 3.01. The monoisotopic (exact) mass is 328 g/mol. The molecule has 0 bridgehead atoms. The molecule has 0 saturated heterocycles. The van der Waals surface area contributed by atoms with Crippen LogP contribution in [0, 0.1) is 0 Å². The Bertz CT molecular complexity index is 770. The van der Waals surface area contributed by atoms with E-state index in [1.54, 1.807) is 24.1 Å². The topological polar surface area (TPSA) is 69.9 Å². The lowest BCUT2D eigenvalue weighted by Crippen LogP contribution is -2.11. The second kappa shape index (κ2) is 6.12. The summed E-state index contributed by atoms with van der Waals surface area (Å²) in [6.07, 6.45) is 1.59. The molecule has 0 unspecified atom stereocenters. The summed E-state index contributed by atoms with van der Waals surface area (Å²) >= 11 is 1.55. The molecule has 0 saturated carbocycles. The zero-order chi connectivity index (χ0) is 16.4. The Balaban J connectivity index is 1.69. The lowest BCUT2D eigenvalue weighted by molar-refractivity contribution is 0.574. The number of rotatable bonds is 4. The third-order valence-electron chi connectivity index (χ3n) is 3.59. The van der Waals surface area contributed by atoms with Crippen LogP contribution in [0.25, 0.3) is 11.6 Å². The van der Waals surface area contributed by atoms with Crippen LogP contribution < -0.4 is 5.84 Å². The lowest BCUT2D eigenvalue weighted by Gasteiger charge is -2.19. The number of nitrogen functional groups attached to an aromatic ring is 1. The van der Waals surface area contributed by atoms with Gasteiger partial charge in [-0.3, -0.25) is 0 Å². The average molecular weight is 328 g/mol. The summed E-state index contributed by atoms with van der Waals surface area (Å²) in [7, 11) is 0. The number of nitrogens with two attached hydrogens (primary N) is 1. The van der Waals surface area contributed by atoms with E-state index in [1.807, 2.05) is 6.07 Å². The van der Waals surface area contributed by atoms with E-state index in [-0.39, 0.29) is 5.41 Å². The summed E-state index contributed by atoms with van der Waals surface area (Å²) in [5.41, 5.74) is 2.72. The first-order chi connectivity index (χ1) is 10.9. The molecule has 2 aromatic heterocycles. The number of nitrogens with zero attached hydrogens (tertiary/aromatic N) is 3. The lowest BCUT2D eigenvalue weighted by atomic mass is 9.87. The number of aromatic nitrogens is 3. The predicted molar refractivity (Wildman–Crippen MR) is 92.6 cm³/mol. The molecule has 1 aromatic carbocycles. The Morgan fingerprint density at radius 3 is 2.48 bits per heavy atom. The Morgan fingerprint density at radius 1 is 1.13 bits per heavy atom.